The van der Waals surface area contributed by atoms with Gasteiger partial charge < -0.3 is 10.4 Å². The first kappa shape index (κ1) is 16.2. The highest BCUT2D eigenvalue weighted by Gasteiger charge is 2.18. The van der Waals surface area contributed by atoms with Crippen molar-refractivity contribution in [3.63, 3.8) is 0 Å². The van der Waals surface area contributed by atoms with Crippen molar-refractivity contribution in [2.24, 2.45) is 0 Å². The minimum Gasteiger partial charge on any atom is -0.390 e. The SMILES string of the molecule is OC(CNCc1cnc2cnccn12)CN1CCc2ccccc2C1. The molecule has 1 atom stereocenters. The van der Waals surface area contributed by atoms with E-state index in [9.17, 15) is 5.11 Å². The van der Waals surface area contributed by atoms with Crippen LogP contribution in [0.5, 0.6) is 0 Å². The van der Waals surface area contributed by atoms with Crippen LogP contribution in [0, 0.1) is 0 Å². The molecule has 0 fully saturated rings. The lowest BCUT2D eigenvalue weighted by Crippen LogP contribution is -2.40. The van der Waals surface area contributed by atoms with Crippen molar-refractivity contribution >= 4 is 5.65 Å². The first-order chi connectivity index (χ1) is 12.3. The monoisotopic (exact) mass is 337 g/mol. The van der Waals surface area contributed by atoms with Crippen LogP contribution in [0.3, 0.4) is 0 Å². The molecule has 1 aliphatic rings. The molecule has 1 aromatic carbocycles. The largest absolute Gasteiger partial charge is 0.390 e. The molecule has 2 aromatic heterocycles. The van der Waals surface area contributed by atoms with Crippen molar-refractivity contribution in [2.45, 2.75) is 25.6 Å². The van der Waals surface area contributed by atoms with Gasteiger partial charge in [0.1, 0.15) is 0 Å². The van der Waals surface area contributed by atoms with E-state index in [0.29, 0.717) is 19.6 Å². The van der Waals surface area contributed by atoms with E-state index in [1.165, 1.54) is 11.1 Å². The van der Waals surface area contributed by atoms with Gasteiger partial charge in [-0.15, -0.1) is 0 Å². The summed E-state index contributed by atoms with van der Waals surface area (Å²) in [5, 5.41) is 13.7. The number of hydrogen-bond donors (Lipinski definition) is 2. The predicted octanol–water partition coefficient (Wildman–Crippen LogP) is 1.24. The molecule has 3 heterocycles. The number of rotatable bonds is 6. The number of aliphatic hydroxyl groups excluding tert-OH is 1. The van der Waals surface area contributed by atoms with E-state index < -0.39 is 0 Å². The Bertz CT molecular complexity index is 846. The Morgan fingerprint density at radius 2 is 2.08 bits per heavy atom. The van der Waals surface area contributed by atoms with Gasteiger partial charge in [0, 0.05) is 45.1 Å². The summed E-state index contributed by atoms with van der Waals surface area (Å²) in [6.45, 7) is 3.86. The highest BCUT2D eigenvalue weighted by atomic mass is 16.3. The van der Waals surface area contributed by atoms with Crippen molar-refractivity contribution in [1.29, 1.82) is 0 Å². The molecule has 2 N–H and O–H groups in total. The van der Waals surface area contributed by atoms with Gasteiger partial charge in [0.05, 0.1) is 24.2 Å². The van der Waals surface area contributed by atoms with Crippen LogP contribution in [0.1, 0.15) is 16.8 Å². The van der Waals surface area contributed by atoms with Gasteiger partial charge in [-0.1, -0.05) is 24.3 Å². The maximum Gasteiger partial charge on any atom is 0.155 e. The average molecular weight is 337 g/mol. The van der Waals surface area contributed by atoms with Crippen LogP contribution in [0.15, 0.2) is 49.1 Å². The number of hydrogen-bond acceptors (Lipinski definition) is 5. The first-order valence-electron chi connectivity index (χ1n) is 8.73. The summed E-state index contributed by atoms with van der Waals surface area (Å²) in [6.07, 6.45) is 7.92. The summed E-state index contributed by atoms with van der Waals surface area (Å²) in [5.74, 6) is 0. The first-order valence-corrected chi connectivity index (χ1v) is 8.73. The van der Waals surface area contributed by atoms with Crippen LogP contribution < -0.4 is 5.32 Å². The van der Waals surface area contributed by atoms with Gasteiger partial charge in [-0.25, -0.2) is 4.98 Å². The summed E-state index contributed by atoms with van der Waals surface area (Å²) in [4.78, 5) is 10.7. The number of β-amino-alcohol motifs (C(OH)–C–C–N with tert-alkyl or cyclic N) is 1. The number of nitrogens with zero attached hydrogens (tertiary/aromatic N) is 4. The van der Waals surface area contributed by atoms with Crippen molar-refractivity contribution in [1.82, 2.24) is 24.6 Å². The molecule has 1 aliphatic heterocycles. The molecule has 6 nitrogen and oxygen atoms in total. The van der Waals surface area contributed by atoms with Gasteiger partial charge in [-0.2, -0.15) is 0 Å². The van der Waals surface area contributed by atoms with Crippen LogP contribution in [0.2, 0.25) is 0 Å². The molecule has 130 valence electrons. The van der Waals surface area contributed by atoms with Crippen LogP contribution >= 0.6 is 0 Å². The van der Waals surface area contributed by atoms with E-state index in [2.05, 4.69) is 44.5 Å². The number of aliphatic hydroxyl groups is 1. The number of nitrogens with one attached hydrogen (secondary N) is 1. The van der Waals surface area contributed by atoms with Gasteiger partial charge >= 0.3 is 0 Å². The molecule has 0 amide bonds. The maximum absolute atomic E-state index is 10.4. The van der Waals surface area contributed by atoms with Crippen LogP contribution in [-0.2, 0) is 19.5 Å². The van der Waals surface area contributed by atoms with Gasteiger partial charge in [0.25, 0.3) is 0 Å². The normalized spacial score (nSPS) is 16.0. The fraction of sp³-hybridized carbons (Fsp3) is 0.368. The molecule has 6 heteroatoms. The Kier molecular flexibility index (Phi) is 4.74. The Morgan fingerprint density at radius 3 is 3.00 bits per heavy atom. The van der Waals surface area contributed by atoms with Crippen LogP contribution in [-0.4, -0.2) is 50.1 Å². The lowest BCUT2D eigenvalue weighted by molar-refractivity contribution is 0.104. The van der Waals surface area contributed by atoms with Gasteiger partial charge in [-0.3, -0.25) is 14.3 Å². The number of benzene rings is 1. The second-order valence-electron chi connectivity index (χ2n) is 6.59. The van der Waals surface area contributed by atoms with Crippen molar-refractivity contribution < 1.29 is 5.11 Å². The molecule has 3 aromatic rings. The maximum atomic E-state index is 10.4. The summed E-state index contributed by atoms with van der Waals surface area (Å²) < 4.78 is 2.01. The standard InChI is InChI=1S/C19H23N5O/c25-18(14-23-7-5-15-3-1-2-4-16(15)13-23)11-21-9-17-10-22-19-12-20-6-8-24(17)19/h1-4,6,8,10,12,18,21,25H,5,7,9,11,13-14H2. The second kappa shape index (κ2) is 7.31. The van der Waals surface area contributed by atoms with Crippen LogP contribution in [0.25, 0.3) is 5.65 Å². The van der Waals surface area contributed by atoms with E-state index in [1.54, 1.807) is 12.4 Å². The zero-order valence-electron chi connectivity index (χ0n) is 14.2. The highest BCUT2D eigenvalue weighted by Crippen LogP contribution is 2.18. The highest BCUT2D eigenvalue weighted by molar-refractivity contribution is 5.36. The quantitative estimate of drug-likeness (QED) is 0.708. The van der Waals surface area contributed by atoms with E-state index >= 15 is 0 Å². The fourth-order valence-electron chi connectivity index (χ4n) is 3.46. The third kappa shape index (κ3) is 3.71. The van der Waals surface area contributed by atoms with E-state index in [0.717, 1.165) is 30.9 Å². The Balaban J connectivity index is 1.26. The number of imidazole rings is 1. The molecule has 0 aliphatic carbocycles. The van der Waals surface area contributed by atoms with E-state index in [1.807, 2.05) is 16.8 Å². The lowest BCUT2D eigenvalue weighted by atomic mass is 10.00. The van der Waals surface area contributed by atoms with Crippen molar-refractivity contribution in [2.75, 3.05) is 19.6 Å². The Morgan fingerprint density at radius 1 is 1.20 bits per heavy atom. The van der Waals surface area contributed by atoms with Gasteiger partial charge in [-0.05, 0) is 17.5 Å². The van der Waals surface area contributed by atoms with Crippen molar-refractivity contribution in [3.8, 4) is 0 Å². The third-order valence-corrected chi connectivity index (χ3v) is 4.76. The zero-order chi connectivity index (χ0) is 17.1. The van der Waals surface area contributed by atoms with E-state index in [4.69, 9.17) is 0 Å². The summed E-state index contributed by atoms with van der Waals surface area (Å²) >= 11 is 0. The Hall–Kier alpha value is -2.28. The summed E-state index contributed by atoms with van der Waals surface area (Å²) in [5.41, 5.74) is 4.73. The molecule has 1 unspecified atom stereocenters. The molecule has 0 radical (unpaired) electrons. The smallest absolute Gasteiger partial charge is 0.155 e. The summed E-state index contributed by atoms with van der Waals surface area (Å²) in [7, 11) is 0. The minimum absolute atomic E-state index is 0.383. The average Bonchev–Trinajstić information content (AvgIpc) is 3.05. The zero-order valence-corrected chi connectivity index (χ0v) is 14.2. The molecule has 25 heavy (non-hydrogen) atoms. The minimum atomic E-state index is -0.383. The molecule has 0 saturated carbocycles. The molecular formula is C19H23N5O. The topological polar surface area (TPSA) is 65.7 Å². The fourth-order valence-corrected chi connectivity index (χ4v) is 3.46. The molecule has 0 spiro atoms. The van der Waals surface area contributed by atoms with Gasteiger partial charge in [0.2, 0.25) is 0 Å². The lowest BCUT2D eigenvalue weighted by Gasteiger charge is -2.30. The molecule has 0 saturated heterocycles. The molecular weight excluding hydrogens is 314 g/mol. The Labute approximate surface area is 147 Å². The van der Waals surface area contributed by atoms with Gasteiger partial charge in [0.15, 0.2) is 5.65 Å². The second-order valence-corrected chi connectivity index (χ2v) is 6.59. The third-order valence-electron chi connectivity index (χ3n) is 4.76. The predicted molar refractivity (Wildman–Crippen MR) is 96.1 cm³/mol. The molecule has 0 bridgehead atoms. The molecule has 4 rings (SSSR count). The number of aromatic nitrogens is 3. The summed E-state index contributed by atoms with van der Waals surface area (Å²) in [6, 6.07) is 8.58. The van der Waals surface area contributed by atoms with Crippen molar-refractivity contribution in [3.05, 3.63) is 65.9 Å². The number of fused-ring (bicyclic) bond motifs is 2. The van der Waals surface area contributed by atoms with Crippen LogP contribution in [0.4, 0.5) is 0 Å². The van der Waals surface area contributed by atoms with E-state index in [-0.39, 0.29) is 6.10 Å².